The van der Waals surface area contributed by atoms with E-state index >= 15 is 0 Å². The van der Waals surface area contributed by atoms with Gasteiger partial charge in [0.05, 0.1) is 11.7 Å². The molecule has 0 radical (unpaired) electrons. The van der Waals surface area contributed by atoms with Crippen LogP contribution in [0.2, 0.25) is 0 Å². The third kappa shape index (κ3) is 3.60. The van der Waals surface area contributed by atoms with Crippen molar-refractivity contribution in [2.24, 2.45) is 0 Å². The molecule has 1 N–H and O–H groups in total. The van der Waals surface area contributed by atoms with Crippen molar-refractivity contribution in [2.75, 3.05) is 38.0 Å². The van der Waals surface area contributed by atoms with Crippen molar-refractivity contribution >= 4 is 28.3 Å². The summed E-state index contributed by atoms with van der Waals surface area (Å²) >= 11 is 0. The predicted octanol–water partition coefficient (Wildman–Crippen LogP) is 2.60. The standard InChI is InChI=1S/C19H25N3O3/c1-4-21-9-11-22(12-10-21)13(2)19(24)20-17-15-7-5-6-8-16(15)25-18(17)14(3)23/h5-8,13H,4,9-12H2,1-3H3,(H,20,24). The zero-order valence-electron chi connectivity index (χ0n) is 15.0. The van der Waals surface area contributed by atoms with Gasteiger partial charge in [0, 0.05) is 38.5 Å². The Hall–Kier alpha value is -2.18. The number of hydrogen-bond acceptors (Lipinski definition) is 5. The average molecular weight is 343 g/mol. The summed E-state index contributed by atoms with van der Waals surface area (Å²) in [5, 5.41) is 3.68. The quantitative estimate of drug-likeness (QED) is 0.846. The highest BCUT2D eigenvalue weighted by Crippen LogP contribution is 2.31. The molecule has 1 aliphatic heterocycles. The predicted molar refractivity (Wildman–Crippen MR) is 98.0 cm³/mol. The van der Waals surface area contributed by atoms with Gasteiger partial charge in [-0.15, -0.1) is 0 Å². The van der Waals surface area contributed by atoms with Crippen LogP contribution >= 0.6 is 0 Å². The molecule has 1 fully saturated rings. The summed E-state index contributed by atoms with van der Waals surface area (Å²) in [5.41, 5.74) is 1.08. The monoisotopic (exact) mass is 343 g/mol. The molecule has 1 atom stereocenters. The van der Waals surface area contributed by atoms with Crippen molar-refractivity contribution in [3.63, 3.8) is 0 Å². The molecule has 0 aliphatic carbocycles. The van der Waals surface area contributed by atoms with Gasteiger partial charge >= 0.3 is 0 Å². The van der Waals surface area contributed by atoms with Crippen molar-refractivity contribution in [2.45, 2.75) is 26.8 Å². The van der Waals surface area contributed by atoms with Crippen molar-refractivity contribution < 1.29 is 14.0 Å². The molecule has 1 saturated heterocycles. The van der Waals surface area contributed by atoms with Gasteiger partial charge < -0.3 is 14.6 Å². The maximum Gasteiger partial charge on any atom is 0.241 e. The molecule has 2 aromatic rings. The van der Waals surface area contributed by atoms with E-state index in [1.165, 1.54) is 6.92 Å². The third-order valence-corrected chi connectivity index (χ3v) is 4.94. The highest BCUT2D eigenvalue weighted by Gasteiger charge is 2.27. The molecule has 6 heteroatoms. The Morgan fingerprint density at radius 2 is 1.88 bits per heavy atom. The van der Waals surface area contributed by atoms with Crippen molar-refractivity contribution in [1.82, 2.24) is 9.80 Å². The van der Waals surface area contributed by atoms with E-state index in [4.69, 9.17) is 4.42 Å². The van der Waals surface area contributed by atoms with E-state index in [0.717, 1.165) is 38.1 Å². The number of furan rings is 1. The SMILES string of the molecule is CCN1CCN(C(C)C(=O)Nc2c(C(C)=O)oc3ccccc23)CC1. The summed E-state index contributed by atoms with van der Waals surface area (Å²) in [6, 6.07) is 7.10. The van der Waals surface area contributed by atoms with E-state index in [1.807, 2.05) is 25.1 Å². The zero-order valence-corrected chi connectivity index (χ0v) is 15.0. The number of ketones is 1. The second-order valence-corrected chi connectivity index (χ2v) is 6.49. The Labute approximate surface area is 147 Å². The van der Waals surface area contributed by atoms with Crippen LogP contribution in [0, 0.1) is 0 Å². The summed E-state index contributed by atoms with van der Waals surface area (Å²) in [7, 11) is 0. The van der Waals surface area contributed by atoms with Gasteiger partial charge in [0.2, 0.25) is 5.91 Å². The Bertz CT molecular complexity index is 775. The molecule has 134 valence electrons. The highest BCUT2D eigenvalue weighted by molar-refractivity contribution is 6.11. The smallest absolute Gasteiger partial charge is 0.241 e. The lowest BCUT2D eigenvalue weighted by Gasteiger charge is -2.36. The van der Waals surface area contributed by atoms with Crippen LogP contribution in [-0.2, 0) is 4.79 Å². The van der Waals surface area contributed by atoms with Crippen LogP contribution < -0.4 is 5.32 Å². The van der Waals surface area contributed by atoms with Crippen LogP contribution in [-0.4, -0.2) is 60.3 Å². The third-order valence-electron chi connectivity index (χ3n) is 4.94. The van der Waals surface area contributed by atoms with Gasteiger partial charge in [0.15, 0.2) is 11.5 Å². The first-order valence-electron chi connectivity index (χ1n) is 8.81. The molecule has 25 heavy (non-hydrogen) atoms. The zero-order chi connectivity index (χ0) is 18.0. The Morgan fingerprint density at radius 3 is 2.52 bits per heavy atom. The average Bonchev–Trinajstić information content (AvgIpc) is 3.00. The summed E-state index contributed by atoms with van der Waals surface area (Å²) in [5.74, 6) is -0.104. The van der Waals surface area contributed by atoms with Gasteiger partial charge in [-0.2, -0.15) is 0 Å². The minimum Gasteiger partial charge on any atom is -0.451 e. The van der Waals surface area contributed by atoms with Gasteiger partial charge in [-0.25, -0.2) is 0 Å². The second-order valence-electron chi connectivity index (χ2n) is 6.49. The number of hydrogen-bond donors (Lipinski definition) is 1. The van der Waals surface area contributed by atoms with E-state index < -0.39 is 0 Å². The van der Waals surface area contributed by atoms with Crippen molar-refractivity contribution in [3.8, 4) is 0 Å². The molecule has 0 spiro atoms. The lowest BCUT2D eigenvalue weighted by Crippen LogP contribution is -2.52. The summed E-state index contributed by atoms with van der Waals surface area (Å²) < 4.78 is 5.63. The number of para-hydroxylation sites is 1. The molecule has 1 aromatic heterocycles. The first kappa shape index (κ1) is 17.6. The van der Waals surface area contributed by atoms with E-state index in [2.05, 4.69) is 22.0 Å². The minimum absolute atomic E-state index is 0.112. The number of fused-ring (bicyclic) bond motifs is 1. The fourth-order valence-electron chi connectivity index (χ4n) is 3.28. The number of carbonyl (C=O) groups is 2. The molecule has 2 heterocycles. The fraction of sp³-hybridized carbons (Fsp3) is 0.474. The molecule has 0 bridgehead atoms. The molecule has 1 unspecified atom stereocenters. The largest absolute Gasteiger partial charge is 0.451 e. The normalized spacial score (nSPS) is 17.6. The Kier molecular flexibility index (Phi) is 5.20. The van der Waals surface area contributed by atoms with Gasteiger partial charge in [0.1, 0.15) is 5.58 Å². The molecule has 1 aromatic carbocycles. The number of likely N-dealkylation sites (N-methyl/N-ethyl adjacent to an activating group) is 1. The summed E-state index contributed by atoms with van der Waals surface area (Å²) in [6.07, 6.45) is 0. The number of rotatable bonds is 5. The van der Waals surface area contributed by atoms with Crippen molar-refractivity contribution in [3.05, 3.63) is 30.0 Å². The van der Waals surface area contributed by atoms with Crippen LogP contribution in [0.4, 0.5) is 5.69 Å². The van der Waals surface area contributed by atoms with Gasteiger partial charge in [-0.3, -0.25) is 14.5 Å². The van der Waals surface area contributed by atoms with Crippen LogP contribution in [0.15, 0.2) is 28.7 Å². The Morgan fingerprint density at radius 1 is 1.20 bits per heavy atom. The molecular weight excluding hydrogens is 318 g/mol. The van der Waals surface area contributed by atoms with Crippen LogP contribution in [0.5, 0.6) is 0 Å². The summed E-state index contributed by atoms with van der Waals surface area (Å²) in [4.78, 5) is 29.2. The summed E-state index contributed by atoms with van der Waals surface area (Å²) in [6.45, 7) is 10.2. The van der Waals surface area contributed by atoms with Gasteiger partial charge in [-0.1, -0.05) is 19.1 Å². The molecule has 6 nitrogen and oxygen atoms in total. The first-order chi connectivity index (χ1) is 12.0. The number of piperazine rings is 1. The van der Waals surface area contributed by atoms with E-state index in [1.54, 1.807) is 6.07 Å². The minimum atomic E-state index is -0.257. The number of carbonyl (C=O) groups excluding carboxylic acids is 2. The van der Waals surface area contributed by atoms with E-state index in [9.17, 15) is 9.59 Å². The van der Waals surface area contributed by atoms with Crippen LogP contribution in [0.25, 0.3) is 11.0 Å². The van der Waals surface area contributed by atoms with E-state index in [-0.39, 0.29) is 23.5 Å². The molecular formula is C19H25N3O3. The Balaban J connectivity index is 1.78. The maximum atomic E-state index is 12.8. The number of Topliss-reactive ketones (excluding diaryl/α,β-unsaturated/α-hetero) is 1. The second kappa shape index (κ2) is 7.37. The molecule has 1 aliphatic rings. The lowest BCUT2D eigenvalue weighted by molar-refractivity contribution is -0.121. The topological polar surface area (TPSA) is 65.8 Å². The number of anilines is 1. The highest BCUT2D eigenvalue weighted by atomic mass is 16.3. The van der Waals surface area contributed by atoms with E-state index in [0.29, 0.717) is 11.3 Å². The van der Waals surface area contributed by atoms with Gasteiger partial charge in [-0.05, 0) is 25.6 Å². The molecule has 3 rings (SSSR count). The molecule has 1 amide bonds. The van der Waals surface area contributed by atoms with Crippen LogP contribution in [0.3, 0.4) is 0 Å². The lowest BCUT2D eigenvalue weighted by atomic mass is 10.1. The van der Waals surface area contributed by atoms with Gasteiger partial charge in [0.25, 0.3) is 0 Å². The number of benzene rings is 1. The number of nitrogens with zero attached hydrogens (tertiary/aromatic N) is 2. The fourth-order valence-corrected chi connectivity index (χ4v) is 3.28. The number of nitrogens with one attached hydrogen (secondary N) is 1. The maximum absolute atomic E-state index is 12.8. The van der Waals surface area contributed by atoms with Crippen molar-refractivity contribution in [1.29, 1.82) is 0 Å². The number of amides is 1. The van der Waals surface area contributed by atoms with Crippen LogP contribution in [0.1, 0.15) is 31.3 Å². The molecule has 0 saturated carbocycles. The first-order valence-corrected chi connectivity index (χ1v) is 8.81.